The van der Waals surface area contributed by atoms with E-state index in [1.54, 1.807) is 28.6 Å². The van der Waals surface area contributed by atoms with E-state index in [9.17, 15) is 4.79 Å². The van der Waals surface area contributed by atoms with E-state index in [0.717, 1.165) is 0 Å². The molecule has 8 heteroatoms. The molecular formula is C12H17N5O3. The van der Waals surface area contributed by atoms with Crippen molar-refractivity contribution in [2.45, 2.75) is 19.9 Å². The molecule has 0 saturated heterocycles. The lowest BCUT2D eigenvalue weighted by Crippen LogP contribution is -2.11. The van der Waals surface area contributed by atoms with E-state index in [1.165, 1.54) is 0 Å². The Morgan fingerprint density at radius 1 is 1.50 bits per heavy atom. The first kappa shape index (κ1) is 14.2. The van der Waals surface area contributed by atoms with Gasteiger partial charge in [-0.3, -0.25) is 0 Å². The van der Waals surface area contributed by atoms with E-state index in [2.05, 4.69) is 15.3 Å². The van der Waals surface area contributed by atoms with Crippen LogP contribution >= 0.6 is 0 Å². The van der Waals surface area contributed by atoms with Crippen LogP contribution in [0.2, 0.25) is 0 Å². The monoisotopic (exact) mass is 279 g/mol. The lowest BCUT2D eigenvalue weighted by atomic mass is 10.3. The minimum Gasteiger partial charge on any atom is -0.461 e. The number of nitrogens with zero attached hydrogens (tertiary/aromatic N) is 5. The van der Waals surface area contributed by atoms with Crippen LogP contribution in [0.3, 0.4) is 0 Å². The minimum atomic E-state index is -0.527. The number of aromatic nitrogens is 5. The summed E-state index contributed by atoms with van der Waals surface area (Å²) in [5.74, 6) is 0.0525. The summed E-state index contributed by atoms with van der Waals surface area (Å²) in [6.07, 6.45) is 3.92. The Labute approximate surface area is 116 Å². The number of hydrogen-bond acceptors (Lipinski definition) is 6. The second-order valence-corrected chi connectivity index (χ2v) is 4.17. The lowest BCUT2D eigenvalue weighted by molar-refractivity contribution is 0.0520. The largest absolute Gasteiger partial charge is 0.461 e. The standard InChI is InChI=1S/C12H17N5O3/c1-3-20-12(19)9-10(11-13-5-7-16(11)2)17(15-14-9)6-4-8-18/h5,7,18H,3-4,6,8H2,1-2H3. The van der Waals surface area contributed by atoms with Crippen LogP contribution in [-0.4, -0.2) is 48.8 Å². The van der Waals surface area contributed by atoms with E-state index in [-0.39, 0.29) is 18.9 Å². The fourth-order valence-electron chi connectivity index (χ4n) is 1.84. The highest BCUT2D eigenvalue weighted by molar-refractivity contribution is 5.93. The predicted octanol–water partition coefficient (Wildman–Crippen LogP) is 0.238. The number of rotatable bonds is 6. The number of aliphatic hydroxyl groups excluding tert-OH is 1. The van der Waals surface area contributed by atoms with Crippen LogP contribution in [-0.2, 0) is 18.3 Å². The van der Waals surface area contributed by atoms with Crippen LogP contribution in [0.25, 0.3) is 11.5 Å². The molecule has 0 aliphatic heterocycles. The van der Waals surface area contributed by atoms with Crippen LogP contribution < -0.4 is 0 Å². The highest BCUT2D eigenvalue weighted by Gasteiger charge is 2.24. The third-order valence-electron chi connectivity index (χ3n) is 2.76. The zero-order chi connectivity index (χ0) is 14.5. The highest BCUT2D eigenvalue weighted by Crippen LogP contribution is 2.21. The molecule has 0 bridgehead atoms. The second kappa shape index (κ2) is 6.29. The molecule has 2 heterocycles. The number of carbonyl (C=O) groups excluding carboxylic acids is 1. The molecule has 0 spiro atoms. The third kappa shape index (κ3) is 2.69. The van der Waals surface area contributed by atoms with Crippen LogP contribution in [0.4, 0.5) is 0 Å². The fraction of sp³-hybridized carbons (Fsp3) is 0.500. The van der Waals surface area contributed by atoms with Crippen molar-refractivity contribution in [2.24, 2.45) is 7.05 Å². The van der Waals surface area contributed by atoms with E-state index < -0.39 is 5.97 Å². The SMILES string of the molecule is CCOC(=O)c1nnn(CCCO)c1-c1nccn1C. The summed E-state index contributed by atoms with van der Waals surface area (Å²) in [6.45, 7) is 2.48. The number of esters is 1. The van der Waals surface area contributed by atoms with E-state index in [0.29, 0.717) is 24.5 Å². The van der Waals surface area contributed by atoms with Crippen molar-refractivity contribution in [2.75, 3.05) is 13.2 Å². The Morgan fingerprint density at radius 2 is 2.30 bits per heavy atom. The Morgan fingerprint density at radius 3 is 2.90 bits per heavy atom. The molecule has 0 unspecified atom stereocenters. The van der Waals surface area contributed by atoms with Crippen molar-refractivity contribution in [3.8, 4) is 11.5 Å². The molecule has 0 atom stereocenters. The molecule has 108 valence electrons. The normalized spacial score (nSPS) is 10.8. The Hall–Kier alpha value is -2.22. The van der Waals surface area contributed by atoms with Crippen molar-refractivity contribution >= 4 is 5.97 Å². The van der Waals surface area contributed by atoms with E-state index in [1.807, 2.05) is 7.05 Å². The molecule has 2 rings (SSSR count). The van der Waals surface area contributed by atoms with Crippen LogP contribution in [0.1, 0.15) is 23.8 Å². The van der Waals surface area contributed by atoms with Crippen molar-refractivity contribution < 1.29 is 14.6 Å². The Kier molecular flexibility index (Phi) is 4.46. The number of carbonyl (C=O) groups is 1. The molecule has 0 aliphatic rings. The molecule has 0 saturated carbocycles. The van der Waals surface area contributed by atoms with Gasteiger partial charge in [0, 0.05) is 32.6 Å². The van der Waals surface area contributed by atoms with E-state index >= 15 is 0 Å². The van der Waals surface area contributed by atoms with Crippen molar-refractivity contribution in [1.29, 1.82) is 0 Å². The first-order valence-electron chi connectivity index (χ1n) is 6.38. The smallest absolute Gasteiger partial charge is 0.361 e. The van der Waals surface area contributed by atoms with Gasteiger partial charge in [-0.05, 0) is 13.3 Å². The first-order valence-corrected chi connectivity index (χ1v) is 6.38. The number of aryl methyl sites for hydroxylation is 2. The number of hydrogen-bond donors (Lipinski definition) is 1. The molecule has 2 aromatic heterocycles. The molecule has 2 aromatic rings. The minimum absolute atomic E-state index is 0.0363. The maximum Gasteiger partial charge on any atom is 0.361 e. The molecule has 0 amide bonds. The van der Waals surface area contributed by atoms with Crippen molar-refractivity contribution in [1.82, 2.24) is 24.5 Å². The lowest BCUT2D eigenvalue weighted by Gasteiger charge is -2.07. The summed E-state index contributed by atoms with van der Waals surface area (Å²) in [4.78, 5) is 16.2. The van der Waals surface area contributed by atoms with Gasteiger partial charge in [-0.25, -0.2) is 14.5 Å². The molecule has 0 fully saturated rings. The number of aliphatic hydroxyl groups is 1. The zero-order valence-corrected chi connectivity index (χ0v) is 11.5. The van der Waals surface area contributed by atoms with Crippen molar-refractivity contribution in [3.63, 3.8) is 0 Å². The average molecular weight is 279 g/mol. The van der Waals surface area contributed by atoms with Gasteiger partial charge in [0.05, 0.1) is 6.61 Å². The molecule has 0 aromatic carbocycles. The number of ether oxygens (including phenoxy) is 1. The van der Waals surface area contributed by atoms with E-state index in [4.69, 9.17) is 9.84 Å². The van der Waals surface area contributed by atoms with Gasteiger partial charge in [-0.1, -0.05) is 5.21 Å². The average Bonchev–Trinajstić information content (AvgIpc) is 3.02. The van der Waals surface area contributed by atoms with Gasteiger partial charge < -0.3 is 14.4 Å². The number of imidazole rings is 1. The van der Waals surface area contributed by atoms with Crippen molar-refractivity contribution in [3.05, 3.63) is 18.1 Å². The van der Waals surface area contributed by atoms with Gasteiger partial charge in [0.25, 0.3) is 0 Å². The summed E-state index contributed by atoms with van der Waals surface area (Å²) in [5.41, 5.74) is 0.642. The predicted molar refractivity (Wildman–Crippen MR) is 69.9 cm³/mol. The third-order valence-corrected chi connectivity index (χ3v) is 2.76. The first-order chi connectivity index (χ1) is 9.69. The summed E-state index contributed by atoms with van der Waals surface area (Å²) in [6, 6.07) is 0. The quantitative estimate of drug-likeness (QED) is 0.761. The maximum absolute atomic E-state index is 11.9. The Bertz CT molecular complexity index is 590. The summed E-state index contributed by atoms with van der Waals surface area (Å²) < 4.78 is 8.32. The van der Waals surface area contributed by atoms with Gasteiger partial charge in [0.1, 0.15) is 5.69 Å². The molecule has 8 nitrogen and oxygen atoms in total. The van der Waals surface area contributed by atoms with Gasteiger partial charge in [-0.2, -0.15) is 0 Å². The molecule has 1 N–H and O–H groups in total. The van der Waals surface area contributed by atoms with Crippen LogP contribution in [0.15, 0.2) is 12.4 Å². The maximum atomic E-state index is 11.9. The molecular weight excluding hydrogens is 262 g/mol. The van der Waals surface area contributed by atoms with Crippen LogP contribution in [0.5, 0.6) is 0 Å². The highest BCUT2D eigenvalue weighted by atomic mass is 16.5. The molecule has 0 aliphatic carbocycles. The molecule has 0 radical (unpaired) electrons. The molecule has 20 heavy (non-hydrogen) atoms. The summed E-state index contributed by atoms with van der Waals surface area (Å²) >= 11 is 0. The Balaban J connectivity index is 2.45. The van der Waals surface area contributed by atoms with Gasteiger partial charge in [0.15, 0.2) is 5.82 Å². The van der Waals surface area contributed by atoms with Gasteiger partial charge >= 0.3 is 5.97 Å². The van der Waals surface area contributed by atoms with Gasteiger partial charge in [0.2, 0.25) is 5.69 Å². The van der Waals surface area contributed by atoms with Crippen LogP contribution in [0, 0.1) is 0 Å². The fourth-order valence-corrected chi connectivity index (χ4v) is 1.84. The summed E-state index contributed by atoms with van der Waals surface area (Å²) in [5, 5.41) is 16.8. The topological polar surface area (TPSA) is 95.1 Å². The second-order valence-electron chi connectivity index (χ2n) is 4.17. The summed E-state index contributed by atoms with van der Waals surface area (Å²) in [7, 11) is 1.82. The zero-order valence-electron chi connectivity index (χ0n) is 11.5. The van der Waals surface area contributed by atoms with Gasteiger partial charge in [-0.15, -0.1) is 5.10 Å².